The lowest BCUT2D eigenvalue weighted by Gasteiger charge is -2.08. The van der Waals surface area contributed by atoms with Crippen molar-refractivity contribution in [3.63, 3.8) is 0 Å². The van der Waals surface area contributed by atoms with Gasteiger partial charge in [-0.25, -0.2) is 4.68 Å². The maximum absolute atomic E-state index is 12.6. The number of rotatable bonds is 4. The van der Waals surface area contributed by atoms with Gasteiger partial charge < -0.3 is 0 Å². The number of nitrogens with zero attached hydrogens (tertiary/aromatic N) is 5. The zero-order valence-electron chi connectivity index (χ0n) is 13.7. The van der Waals surface area contributed by atoms with E-state index in [2.05, 4.69) is 15.3 Å². The third kappa shape index (κ3) is 2.65. The van der Waals surface area contributed by atoms with Crippen molar-refractivity contribution in [2.24, 2.45) is 12.1 Å². The third-order valence-electron chi connectivity index (χ3n) is 3.88. The lowest BCUT2D eigenvalue weighted by atomic mass is 10.3. The van der Waals surface area contributed by atoms with Gasteiger partial charge in [0.05, 0.1) is 17.6 Å². The number of para-hydroxylation sites is 1. The molecule has 8 heteroatoms. The summed E-state index contributed by atoms with van der Waals surface area (Å²) >= 11 is 5.19. The van der Waals surface area contributed by atoms with Gasteiger partial charge in [-0.3, -0.25) is 14.6 Å². The molecule has 0 fully saturated rings. The topological polar surface area (TPSA) is 72.9 Å². The van der Waals surface area contributed by atoms with Crippen LogP contribution in [0.25, 0.3) is 5.69 Å². The SMILES string of the molecule is CCc1n[nH]c(=S)n1/N=C\c1c(C)c(=O)n(-c2ccccc2)n1C. The van der Waals surface area contributed by atoms with Gasteiger partial charge in [0.2, 0.25) is 4.77 Å². The summed E-state index contributed by atoms with van der Waals surface area (Å²) in [5.41, 5.74) is 2.07. The second-order valence-corrected chi connectivity index (χ2v) is 5.73. The average Bonchev–Trinajstić information content (AvgIpc) is 3.05. The Balaban J connectivity index is 2.10. The Morgan fingerprint density at radius 2 is 2.04 bits per heavy atom. The van der Waals surface area contributed by atoms with Crippen molar-refractivity contribution >= 4 is 18.4 Å². The average molecular weight is 342 g/mol. The molecule has 2 heterocycles. The molecule has 124 valence electrons. The summed E-state index contributed by atoms with van der Waals surface area (Å²) in [7, 11) is 1.83. The van der Waals surface area contributed by atoms with E-state index in [1.807, 2.05) is 44.3 Å². The molecule has 0 aliphatic rings. The van der Waals surface area contributed by atoms with Gasteiger partial charge in [0, 0.05) is 19.0 Å². The summed E-state index contributed by atoms with van der Waals surface area (Å²) in [4.78, 5) is 12.6. The van der Waals surface area contributed by atoms with Crippen LogP contribution in [0.4, 0.5) is 0 Å². The minimum absolute atomic E-state index is 0.0725. The van der Waals surface area contributed by atoms with Gasteiger partial charge in [-0.2, -0.15) is 14.9 Å². The fourth-order valence-electron chi connectivity index (χ4n) is 2.58. The van der Waals surface area contributed by atoms with Gasteiger partial charge in [0.1, 0.15) is 0 Å². The summed E-state index contributed by atoms with van der Waals surface area (Å²) < 4.78 is 5.39. The van der Waals surface area contributed by atoms with Crippen LogP contribution in [0.3, 0.4) is 0 Å². The highest BCUT2D eigenvalue weighted by atomic mass is 32.1. The molecule has 3 rings (SSSR count). The minimum Gasteiger partial charge on any atom is -0.279 e. The Kier molecular flexibility index (Phi) is 4.30. The molecule has 0 radical (unpaired) electrons. The number of aryl methyl sites for hydroxylation is 1. The number of aromatic amines is 1. The lowest BCUT2D eigenvalue weighted by Crippen LogP contribution is -2.20. The molecule has 1 aromatic carbocycles. The van der Waals surface area contributed by atoms with Crippen LogP contribution in [0.15, 0.2) is 40.2 Å². The molecule has 0 bridgehead atoms. The van der Waals surface area contributed by atoms with Crippen LogP contribution >= 0.6 is 12.2 Å². The first-order valence-corrected chi connectivity index (χ1v) is 8.00. The predicted molar refractivity (Wildman–Crippen MR) is 95.5 cm³/mol. The largest absolute Gasteiger partial charge is 0.279 e. The van der Waals surface area contributed by atoms with E-state index in [1.54, 1.807) is 27.2 Å². The Labute approximate surface area is 143 Å². The lowest BCUT2D eigenvalue weighted by molar-refractivity contribution is 0.642. The maximum atomic E-state index is 12.6. The summed E-state index contributed by atoms with van der Waals surface area (Å²) in [5.74, 6) is 0.737. The highest BCUT2D eigenvalue weighted by Crippen LogP contribution is 2.09. The fourth-order valence-corrected chi connectivity index (χ4v) is 2.78. The van der Waals surface area contributed by atoms with Crippen molar-refractivity contribution in [2.75, 3.05) is 0 Å². The summed E-state index contributed by atoms with van der Waals surface area (Å²) in [6.07, 6.45) is 2.34. The summed E-state index contributed by atoms with van der Waals surface area (Å²) in [5, 5.41) is 11.2. The fraction of sp³-hybridized carbons (Fsp3) is 0.250. The van der Waals surface area contributed by atoms with Crippen molar-refractivity contribution < 1.29 is 0 Å². The molecule has 7 nitrogen and oxygen atoms in total. The van der Waals surface area contributed by atoms with Crippen LogP contribution < -0.4 is 5.56 Å². The van der Waals surface area contributed by atoms with Gasteiger partial charge >= 0.3 is 0 Å². The predicted octanol–water partition coefficient (Wildman–Crippen LogP) is 2.18. The first-order valence-electron chi connectivity index (χ1n) is 7.59. The van der Waals surface area contributed by atoms with Crippen LogP contribution in [0, 0.1) is 11.7 Å². The molecule has 0 aliphatic carbocycles. The molecule has 0 unspecified atom stereocenters. The van der Waals surface area contributed by atoms with E-state index in [0.29, 0.717) is 22.4 Å². The zero-order valence-corrected chi connectivity index (χ0v) is 14.5. The van der Waals surface area contributed by atoms with E-state index in [0.717, 1.165) is 11.5 Å². The Bertz CT molecular complexity index is 1010. The maximum Gasteiger partial charge on any atom is 0.274 e. The van der Waals surface area contributed by atoms with Crippen LogP contribution in [0.2, 0.25) is 0 Å². The molecule has 1 N–H and O–H groups in total. The monoisotopic (exact) mass is 342 g/mol. The van der Waals surface area contributed by atoms with Crippen molar-refractivity contribution in [3.05, 3.63) is 62.5 Å². The number of aromatic nitrogens is 5. The van der Waals surface area contributed by atoms with Crippen molar-refractivity contribution in [1.29, 1.82) is 0 Å². The molecular formula is C16H18N6OS. The van der Waals surface area contributed by atoms with Crippen LogP contribution in [-0.2, 0) is 13.5 Å². The molecular weight excluding hydrogens is 324 g/mol. The van der Waals surface area contributed by atoms with E-state index in [1.165, 1.54) is 0 Å². The third-order valence-corrected chi connectivity index (χ3v) is 4.14. The van der Waals surface area contributed by atoms with E-state index in [4.69, 9.17) is 12.2 Å². The van der Waals surface area contributed by atoms with Crippen LogP contribution in [0.1, 0.15) is 24.0 Å². The number of nitrogens with one attached hydrogen (secondary N) is 1. The van der Waals surface area contributed by atoms with Gasteiger partial charge in [0.15, 0.2) is 5.82 Å². The molecule has 24 heavy (non-hydrogen) atoms. The van der Waals surface area contributed by atoms with Gasteiger partial charge in [-0.05, 0) is 31.3 Å². The number of hydrogen-bond acceptors (Lipinski definition) is 4. The zero-order chi connectivity index (χ0) is 17.3. The van der Waals surface area contributed by atoms with Crippen LogP contribution in [0.5, 0.6) is 0 Å². The molecule has 2 aromatic heterocycles. The molecule has 0 atom stereocenters. The van der Waals surface area contributed by atoms with E-state index >= 15 is 0 Å². The molecule has 0 spiro atoms. The Morgan fingerprint density at radius 1 is 1.33 bits per heavy atom. The molecule has 0 saturated carbocycles. The van der Waals surface area contributed by atoms with Gasteiger partial charge in [-0.1, -0.05) is 25.1 Å². The van der Waals surface area contributed by atoms with Crippen molar-refractivity contribution in [2.45, 2.75) is 20.3 Å². The number of hydrogen-bond donors (Lipinski definition) is 1. The van der Waals surface area contributed by atoms with E-state index < -0.39 is 0 Å². The second kappa shape index (κ2) is 6.40. The molecule has 3 aromatic rings. The van der Waals surface area contributed by atoms with Gasteiger partial charge in [0.25, 0.3) is 5.56 Å². The van der Waals surface area contributed by atoms with E-state index in [-0.39, 0.29) is 5.56 Å². The molecule has 0 amide bonds. The van der Waals surface area contributed by atoms with E-state index in [9.17, 15) is 4.79 Å². The Morgan fingerprint density at radius 3 is 2.71 bits per heavy atom. The quantitative estimate of drug-likeness (QED) is 0.583. The highest BCUT2D eigenvalue weighted by Gasteiger charge is 2.14. The number of benzene rings is 1. The summed E-state index contributed by atoms with van der Waals surface area (Å²) in [6.45, 7) is 3.77. The molecule has 0 saturated heterocycles. The summed E-state index contributed by atoms with van der Waals surface area (Å²) in [6, 6.07) is 9.50. The van der Waals surface area contributed by atoms with Gasteiger partial charge in [-0.15, -0.1) is 0 Å². The van der Waals surface area contributed by atoms with Crippen LogP contribution in [-0.4, -0.2) is 30.5 Å². The Hall–Kier alpha value is -2.74. The van der Waals surface area contributed by atoms with Crippen molar-refractivity contribution in [3.8, 4) is 5.69 Å². The smallest absolute Gasteiger partial charge is 0.274 e. The first-order chi connectivity index (χ1) is 11.5. The second-order valence-electron chi connectivity index (χ2n) is 5.34. The van der Waals surface area contributed by atoms with Crippen molar-refractivity contribution in [1.82, 2.24) is 24.2 Å². The highest BCUT2D eigenvalue weighted by molar-refractivity contribution is 7.71. The standard InChI is InChI=1S/C16H18N6OS/c1-4-14-18-19-16(24)21(14)17-10-13-11(2)15(23)22(20(13)3)12-8-6-5-7-9-12/h5-10H,4H2,1-3H3,(H,19,24)/b17-10-. The molecule has 0 aliphatic heterocycles. The minimum atomic E-state index is -0.0725. The first kappa shape index (κ1) is 16.1. The normalized spacial score (nSPS) is 11.5. The number of H-pyrrole nitrogens is 1.